The van der Waals surface area contributed by atoms with Crippen LogP contribution in [0.25, 0.3) is 22.3 Å². The number of rotatable bonds is 13. The third kappa shape index (κ3) is 6.03. The number of nitrogens with one attached hydrogen (secondary N) is 1. The van der Waals surface area contributed by atoms with E-state index in [4.69, 9.17) is 44.0 Å². The first-order valence-corrected chi connectivity index (χ1v) is 15.7. The molecule has 0 bridgehead atoms. The molecule has 46 heavy (non-hydrogen) atoms. The number of anilines is 2. The second-order valence-corrected chi connectivity index (χ2v) is 11.5. The maximum absolute atomic E-state index is 15.9. The highest BCUT2D eigenvalue weighted by atomic mass is 31.1. The van der Waals surface area contributed by atoms with Crippen molar-refractivity contribution in [3.05, 3.63) is 29.3 Å². The lowest BCUT2D eigenvalue weighted by atomic mass is 10.1. The molecule has 2 aliphatic heterocycles. The zero-order valence-electron chi connectivity index (χ0n) is 24.2. The number of methoxy groups -OCH3 is 1. The molecule has 5 N–H and O–H groups in total. The van der Waals surface area contributed by atoms with Crippen molar-refractivity contribution in [1.29, 1.82) is 0 Å². The zero-order valence-corrected chi connectivity index (χ0v) is 26.1. The second-order valence-electron chi connectivity index (χ2n) is 10.1. The van der Waals surface area contributed by atoms with Gasteiger partial charge >= 0.3 is 16.9 Å². The van der Waals surface area contributed by atoms with E-state index >= 15 is 4.39 Å². The predicted octanol–water partition coefficient (Wildman–Crippen LogP) is -0.738. The fraction of sp³-hybridized carbons (Fsp3) is 0.545. The lowest BCUT2D eigenvalue weighted by molar-refractivity contribution is -0.0588. The van der Waals surface area contributed by atoms with Gasteiger partial charge in [-0.25, -0.2) is 28.9 Å². The number of nitrogens with zero attached hydrogens (tertiary/aromatic N) is 7. The number of nitrogens with two attached hydrogens (primary N) is 2. The number of halogens is 1. The van der Waals surface area contributed by atoms with E-state index in [-0.39, 0.29) is 47.3 Å². The third-order valence-electron chi connectivity index (χ3n) is 7.46. The van der Waals surface area contributed by atoms with Gasteiger partial charge in [0.15, 0.2) is 41.3 Å². The summed E-state index contributed by atoms with van der Waals surface area (Å²) in [5.41, 5.74) is 11.5. The van der Waals surface area contributed by atoms with Crippen LogP contribution in [0, 0.1) is 0 Å². The van der Waals surface area contributed by atoms with Gasteiger partial charge in [0.2, 0.25) is 5.95 Å². The molecule has 0 aromatic carbocycles. The van der Waals surface area contributed by atoms with Crippen LogP contribution >= 0.6 is 16.9 Å². The molecule has 0 amide bonds. The number of H-pyrrole nitrogens is 1. The van der Waals surface area contributed by atoms with E-state index in [1.165, 1.54) is 35.2 Å². The molecule has 4 aromatic rings. The Bertz CT molecular complexity index is 1800. The first-order valence-electron chi connectivity index (χ1n) is 13.8. The van der Waals surface area contributed by atoms with Gasteiger partial charge in [-0.05, 0) is 0 Å². The molecule has 0 aliphatic carbocycles. The van der Waals surface area contributed by atoms with Gasteiger partial charge in [0, 0.05) is 13.6 Å². The number of imidazole rings is 2. The van der Waals surface area contributed by atoms with Gasteiger partial charge in [-0.1, -0.05) is 0 Å². The van der Waals surface area contributed by atoms with Crippen LogP contribution in [-0.2, 0) is 41.6 Å². The number of aromatic amines is 1. The smallest absolute Gasteiger partial charge is 0.327 e. The van der Waals surface area contributed by atoms with Gasteiger partial charge < -0.3 is 39.5 Å². The van der Waals surface area contributed by atoms with Crippen molar-refractivity contribution in [2.75, 3.05) is 38.3 Å². The van der Waals surface area contributed by atoms with Crippen molar-refractivity contribution >= 4 is 58.9 Å². The highest BCUT2D eigenvalue weighted by Gasteiger charge is 2.50. The second kappa shape index (κ2) is 13.7. The van der Waals surface area contributed by atoms with Gasteiger partial charge in [-0.2, -0.15) is 4.98 Å². The maximum atomic E-state index is 15.9. The number of fused-ring (bicyclic) bond motifs is 2. The van der Waals surface area contributed by atoms with Crippen LogP contribution in [-0.4, -0.2) is 110 Å². The minimum absolute atomic E-state index is 0.0255. The van der Waals surface area contributed by atoms with Crippen molar-refractivity contribution < 1.29 is 46.0 Å². The molecular weight excluding hydrogens is 656 g/mol. The largest absolute Gasteiger partial charge is 0.388 e. The Kier molecular flexibility index (Phi) is 9.69. The molecule has 2 aliphatic rings. The fourth-order valence-electron chi connectivity index (χ4n) is 5.42. The lowest BCUT2D eigenvalue weighted by Crippen LogP contribution is -2.36. The van der Waals surface area contributed by atoms with Gasteiger partial charge in [0.1, 0.15) is 50.2 Å². The summed E-state index contributed by atoms with van der Waals surface area (Å²) in [5, 5.41) is 0. The fourth-order valence-corrected chi connectivity index (χ4v) is 6.62. The molecule has 20 nitrogen and oxygen atoms in total. The van der Waals surface area contributed by atoms with Crippen LogP contribution in [0.4, 0.5) is 16.2 Å². The highest BCUT2D eigenvalue weighted by molar-refractivity contribution is 7.33. The molecule has 246 valence electrons. The Hall–Kier alpha value is -3.46. The average Bonchev–Trinajstić information content (AvgIpc) is 3.80. The van der Waals surface area contributed by atoms with E-state index in [9.17, 15) is 13.9 Å². The summed E-state index contributed by atoms with van der Waals surface area (Å²) >= 11 is 0. The number of nitrogen functional groups attached to an aromatic ring is 2. The van der Waals surface area contributed by atoms with Crippen molar-refractivity contribution in [3.63, 3.8) is 0 Å². The Morgan fingerprint density at radius 1 is 1.04 bits per heavy atom. The Morgan fingerprint density at radius 3 is 2.50 bits per heavy atom. The predicted molar refractivity (Wildman–Crippen MR) is 157 cm³/mol. The maximum Gasteiger partial charge on any atom is 0.327 e. The monoisotopic (exact) mass is 684 g/mol. The van der Waals surface area contributed by atoms with E-state index in [1.807, 2.05) is 0 Å². The third-order valence-corrected chi connectivity index (χ3v) is 8.66. The molecule has 6 rings (SSSR count). The van der Waals surface area contributed by atoms with Crippen molar-refractivity contribution in [1.82, 2.24) is 39.0 Å². The summed E-state index contributed by atoms with van der Waals surface area (Å²) in [7, 11) is -0.980. The molecule has 9 atom stereocenters. The molecule has 9 unspecified atom stereocenters. The summed E-state index contributed by atoms with van der Waals surface area (Å²) in [5.74, 6) is -0.0566. The summed E-state index contributed by atoms with van der Waals surface area (Å²) in [6.45, 7) is -0.133. The first kappa shape index (κ1) is 32.5. The quantitative estimate of drug-likeness (QED) is 0.116. The summed E-state index contributed by atoms with van der Waals surface area (Å²) in [6, 6.07) is 0. The molecule has 0 spiro atoms. The van der Waals surface area contributed by atoms with E-state index in [0.717, 1.165) is 0 Å². The van der Waals surface area contributed by atoms with Crippen LogP contribution < -0.4 is 17.0 Å². The van der Waals surface area contributed by atoms with E-state index < -0.39 is 71.6 Å². The summed E-state index contributed by atoms with van der Waals surface area (Å²) in [4.78, 5) is 35.0. The molecule has 24 heteroatoms. The highest BCUT2D eigenvalue weighted by Crippen LogP contribution is 2.42. The topological polar surface area (TPSA) is 258 Å². The van der Waals surface area contributed by atoms with Crippen molar-refractivity contribution in [2.45, 2.75) is 49.1 Å². The standard InChI is InChI=1S/C22H28BFN10O10P2/c1-38-14-9(42-21(15(14)43-45-36)34-7-30-12-18(34)31-22(26)32-19(12)35)3-40-46(37)44-13-8(2-39-4-23)41-20(10(13)24)33-6-29-11-16(25)27-5-28-17(11)33/h5-10,13-15,20-21,46H,2-4,23H2,1H3,(H2,25,27,28)(H3,26,31,32,35). The number of hydrogen-bond donors (Lipinski definition) is 3. The Morgan fingerprint density at radius 2 is 1.76 bits per heavy atom. The number of ether oxygens (including phenoxy) is 4. The number of aromatic nitrogens is 8. The molecule has 6 heterocycles. The van der Waals surface area contributed by atoms with Gasteiger partial charge in [-0.15, -0.1) is 0 Å². The van der Waals surface area contributed by atoms with Crippen LogP contribution in [0.3, 0.4) is 0 Å². The summed E-state index contributed by atoms with van der Waals surface area (Å²) in [6.07, 6.45) is -5.62. The molecule has 4 aromatic heterocycles. The van der Waals surface area contributed by atoms with Crippen LogP contribution in [0.15, 0.2) is 23.8 Å². The molecule has 2 fully saturated rings. The molecule has 0 radical (unpaired) electrons. The Labute approximate surface area is 260 Å². The van der Waals surface area contributed by atoms with Crippen LogP contribution in [0.1, 0.15) is 12.5 Å². The van der Waals surface area contributed by atoms with E-state index in [0.29, 0.717) is 6.51 Å². The van der Waals surface area contributed by atoms with E-state index in [1.54, 1.807) is 7.85 Å². The summed E-state index contributed by atoms with van der Waals surface area (Å²) < 4.78 is 82.7. The van der Waals surface area contributed by atoms with Gasteiger partial charge in [-0.3, -0.25) is 28.0 Å². The first-order chi connectivity index (χ1) is 22.2. The number of hydrogen-bond acceptors (Lipinski definition) is 17. The molecule has 0 saturated carbocycles. The van der Waals surface area contributed by atoms with Gasteiger partial charge in [0.05, 0.1) is 25.9 Å². The van der Waals surface area contributed by atoms with Crippen molar-refractivity contribution in [2.24, 2.45) is 0 Å². The average molecular weight is 684 g/mol. The zero-order chi connectivity index (χ0) is 32.5. The normalized spacial score (nSPS) is 28.9. The van der Waals surface area contributed by atoms with Crippen LogP contribution in [0.5, 0.6) is 0 Å². The minimum Gasteiger partial charge on any atom is -0.388 e. The molecular formula is C22H28BFN10O10P2. The Balaban J connectivity index is 1.17. The SMILES string of the molecule is BCOCC1OC(n2cnc3c(N)ncnc32)C(F)C1O[PH](=O)OCC1OC(n2cnc3c(=O)[nH]c(N)nc32)C(OP=O)C1OC. The van der Waals surface area contributed by atoms with Gasteiger partial charge in [0.25, 0.3) is 5.56 Å². The lowest BCUT2D eigenvalue weighted by Gasteiger charge is -2.21. The number of alkyl halides is 1. The molecule has 2 saturated heterocycles. The minimum atomic E-state index is -3.40. The van der Waals surface area contributed by atoms with E-state index in [2.05, 4.69) is 29.9 Å². The van der Waals surface area contributed by atoms with Crippen molar-refractivity contribution in [3.8, 4) is 0 Å². The van der Waals surface area contributed by atoms with Crippen LogP contribution in [0.2, 0.25) is 0 Å².